The van der Waals surface area contributed by atoms with E-state index in [2.05, 4.69) is 20.6 Å². The van der Waals surface area contributed by atoms with Crippen molar-refractivity contribution in [2.45, 2.75) is 12.8 Å². The Bertz CT molecular complexity index is 949. The van der Waals surface area contributed by atoms with Crippen LogP contribution in [-0.4, -0.2) is 29.0 Å². The van der Waals surface area contributed by atoms with Gasteiger partial charge in [-0.25, -0.2) is 18.7 Å². The molecule has 0 atom stereocenters. The van der Waals surface area contributed by atoms with Gasteiger partial charge in [-0.15, -0.1) is 0 Å². The molecule has 0 spiro atoms. The molecule has 0 bridgehead atoms. The first-order chi connectivity index (χ1) is 13.6. The molecule has 0 aliphatic carbocycles. The molecule has 0 radical (unpaired) electrons. The Hall–Kier alpha value is -3.35. The first kappa shape index (κ1) is 19.4. The molecule has 0 saturated heterocycles. The van der Waals surface area contributed by atoms with E-state index in [1.54, 1.807) is 36.4 Å². The summed E-state index contributed by atoms with van der Waals surface area (Å²) in [5, 5.41) is 5.78. The van der Waals surface area contributed by atoms with E-state index in [0.717, 1.165) is 0 Å². The van der Waals surface area contributed by atoms with Crippen LogP contribution in [0.3, 0.4) is 0 Å². The Morgan fingerprint density at radius 3 is 2.11 bits per heavy atom. The number of anilines is 1. The standard InChI is InChI=1S/C21H20F2N4O/c22-17-7-3-1-5-15(17)9-11-24-20-13-19(26-14-27-20)21(28)25-12-10-16-6-2-4-8-18(16)23/h1-8,13-14H,9-12H2,(H,25,28)(H,24,26,27). The number of benzene rings is 2. The summed E-state index contributed by atoms with van der Waals surface area (Å²) in [4.78, 5) is 20.3. The summed E-state index contributed by atoms with van der Waals surface area (Å²) in [5.41, 5.74) is 1.35. The van der Waals surface area contributed by atoms with E-state index >= 15 is 0 Å². The SMILES string of the molecule is O=C(NCCc1ccccc1F)c1cc(NCCc2ccccc2F)ncn1. The molecule has 1 amide bonds. The predicted octanol–water partition coefficient (Wildman–Crippen LogP) is 3.38. The molecule has 0 unspecified atom stereocenters. The van der Waals surface area contributed by atoms with Crippen molar-refractivity contribution < 1.29 is 13.6 Å². The number of rotatable bonds is 8. The monoisotopic (exact) mass is 382 g/mol. The fourth-order valence-corrected chi connectivity index (χ4v) is 2.71. The van der Waals surface area contributed by atoms with Crippen LogP contribution in [0.5, 0.6) is 0 Å². The smallest absolute Gasteiger partial charge is 0.270 e. The van der Waals surface area contributed by atoms with E-state index < -0.39 is 0 Å². The second-order valence-electron chi connectivity index (χ2n) is 6.15. The number of carbonyl (C=O) groups excluding carboxylic acids is 1. The Morgan fingerprint density at radius 2 is 1.46 bits per heavy atom. The number of amides is 1. The van der Waals surface area contributed by atoms with Crippen molar-refractivity contribution in [1.29, 1.82) is 0 Å². The zero-order valence-corrected chi connectivity index (χ0v) is 15.2. The summed E-state index contributed by atoms with van der Waals surface area (Å²) in [6, 6.07) is 14.6. The highest BCUT2D eigenvalue weighted by Gasteiger charge is 2.09. The van der Waals surface area contributed by atoms with Crippen LogP contribution in [0, 0.1) is 11.6 Å². The maximum atomic E-state index is 13.6. The van der Waals surface area contributed by atoms with Gasteiger partial charge in [0.1, 0.15) is 29.5 Å². The Morgan fingerprint density at radius 1 is 0.857 bits per heavy atom. The van der Waals surface area contributed by atoms with Crippen molar-refractivity contribution in [2.75, 3.05) is 18.4 Å². The molecule has 0 saturated carbocycles. The molecular weight excluding hydrogens is 362 g/mol. The molecule has 0 aliphatic heterocycles. The largest absolute Gasteiger partial charge is 0.370 e. The van der Waals surface area contributed by atoms with Crippen molar-refractivity contribution in [3.05, 3.63) is 89.4 Å². The summed E-state index contributed by atoms with van der Waals surface area (Å²) < 4.78 is 27.2. The fraction of sp³-hybridized carbons (Fsp3) is 0.190. The minimum atomic E-state index is -0.365. The lowest BCUT2D eigenvalue weighted by Gasteiger charge is -2.08. The molecule has 0 aliphatic rings. The average molecular weight is 382 g/mol. The highest BCUT2D eigenvalue weighted by Crippen LogP contribution is 2.09. The number of hydrogen-bond donors (Lipinski definition) is 2. The van der Waals surface area contributed by atoms with Gasteiger partial charge in [-0.2, -0.15) is 0 Å². The summed E-state index contributed by atoms with van der Waals surface area (Å²) in [6.45, 7) is 0.756. The second-order valence-corrected chi connectivity index (χ2v) is 6.15. The van der Waals surface area contributed by atoms with Crippen molar-refractivity contribution in [2.24, 2.45) is 0 Å². The minimum Gasteiger partial charge on any atom is -0.370 e. The van der Waals surface area contributed by atoms with Gasteiger partial charge in [-0.3, -0.25) is 4.79 Å². The zero-order chi connectivity index (χ0) is 19.8. The van der Waals surface area contributed by atoms with E-state index in [1.165, 1.54) is 24.5 Å². The minimum absolute atomic E-state index is 0.205. The topological polar surface area (TPSA) is 66.9 Å². The third-order valence-electron chi connectivity index (χ3n) is 4.20. The van der Waals surface area contributed by atoms with Gasteiger partial charge < -0.3 is 10.6 Å². The van der Waals surface area contributed by atoms with Gasteiger partial charge in [0, 0.05) is 19.2 Å². The van der Waals surface area contributed by atoms with E-state index in [-0.39, 0.29) is 23.2 Å². The molecule has 2 aromatic carbocycles. The van der Waals surface area contributed by atoms with Gasteiger partial charge in [0.2, 0.25) is 0 Å². The lowest BCUT2D eigenvalue weighted by Crippen LogP contribution is -2.27. The third-order valence-corrected chi connectivity index (χ3v) is 4.20. The van der Waals surface area contributed by atoms with Crippen molar-refractivity contribution in [1.82, 2.24) is 15.3 Å². The molecule has 7 heteroatoms. The van der Waals surface area contributed by atoms with Crippen LogP contribution in [0.15, 0.2) is 60.9 Å². The lowest BCUT2D eigenvalue weighted by molar-refractivity contribution is 0.0949. The van der Waals surface area contributed by atoms with Crippen molar-refractivity contribution in [3.8, 4) is 0 Å². The molecule has 2 N–H and O–H groups in total. The number of aromatic nitrogens is 2. The first-order valence-corrected chi connectivity index (χ1v) is 8.94. The second kappa shape index (κ2) is 9.55. The molecule has 0 fully saturated rings. The van der Waals surface area contributed by atoms with Crippen LogP contribution in [0.25, 0.3) is 0 Å². The number of halogens is 2. The maximum absolute atomic E-state index is 13.6. The van der Waals surface area contributed by atoms with Crippen LogP contribution < -0.4 is 10.6 Å². The summed E-state index contributed by atoms with van der Waals surface area (Å²) in [5.74, 6) is -0.427. The molecule has 28 heavy (non-hydrogen) atoms. The molecule has 3 rings (SSSR count). The van der Waals surface area contributed by atoms with Gasteiger partial charge in [-0.1, -0.05) is 36.4 Å². The summed E-state index contributed by atoms with van der Waals surface area (Å²) >= 11 is 0. The van der Waals surface area contributed by atoms with Crippen LogP contribution >= 0.6 is 0 Å². The Kier molecular flexibility index (Phi) is 6.62. The fourth-order valence-electron chi connectivity index (χ4n) is 2.71. The number of nitrogens with one attached hydrogen (secondary N) is 2. The van der Waals surface area contributed by atoms with Crippen LogP contribution in [-0.2, 0) is 12.8 Å². The van der Waals surface area contributed by atoms with E-state index in [1.807, 2.05) is 0 Å². The quantitative estimate of drug-likeness (QED) is 0.627. The van der Waals surface area contributed by atoms with Crippen LogP contribution in [0.2, 0.25) is 0 Å². The third kappa shape index (κ3) is 5.33. The van der Waals surface area contributed by atoms with Gasteiger partial charge in [0.15, 0.2) is 0 Å². The molecule has 1 aromatic heterocycles. The summed E-state index contributed by atoms with van der Waals surface area (Å²) in [6.07, 6.45) is 2.16. The highest BCUT2D eigenvalue weighted by molar-refractivity contribution is 5.92. The van der Waals surface area contributed by atoms with E-state index in [9.17, 15) is 13.6 Å². The highest BCUT2D eigenvalue weighted by atomic mass is 19.1. The van der Waals surface area contributed by atoms with Crippen LogP contribution in [0.1, 0.15) is 21.6 Å². The molecule has 3 aromatic rings. The number of carbonyl (C=O) groups is 1. The average Bonchev–Trinajstić information content (AvgIpc) is 2.71. The maximum Gasteiger partial charge on any atom is 0.270 e. The number of hydrogen-bond acceptors (Lipinski definition) is 4. The van der Waals surface area contributed by atoms with Crippen molar-refractivity contribution in [3.63, 3.8) is 0 Å². The van der Waals surface area contributed by atoms with Gasteiger partial charge in [0.05, 0.1) is 0 Å². The lowest BCUT2D eigenvalue weighted by atomic mass is 10.1. The zero-order valence-electron chi connectivity index (χ0n) is 15.2. The molecular formula is C21H20F2N4O. The Balaban J connectivity index is 1.50. The Labute approximate surface area is 161 Å². The summed E-state index contributed by atoms with van der Waals surface area (Å²) in [7, 11) is 0. The predicted molar refractivity (Wildman–Crippen MR) is 103 cm³/mol. The van der Waals surface area contributed by atoms with Crippen LogP contribution in [0.4, 0.5) is 14.6 Å². The van der Waals surface area contributed by atoms with E-state index in [4.69, 9.17) is 0 Å². The number of nitrogens with zero attached hydrogens (tertiary/aromatic N) is 2. The van der Waals surface area contributed by atoms with Crippen molar-refractivity contribution >= 4 is 11.7 Å². The normalized spacial score (nSPS) is 10.5. The van der Waals surface area contributed by atoms with Gasteiger partial charge >= 0.3 is 0 Å². The van der Waals surface area contributed by atoms with E-state index in [0.29, 0.717) is 42.9 Å². The van der Waals surface area contributed by atoms with Gasteiger partial charge in [-0.05, 0) is 36.1 Å². The first-order valence-electron chi connectivity index (χ1n) is 8.94. The molecule has 1 heterocycles. The molecule has 144 valence electrons. The van der Waals surface area contributed by atoms with Gasteiger partial charge in [0.25, 0.3) is 5.91 Å². The molecule has 5 nitrogen and oxygen atoms in total.